The average Bonchev–Trinajstić information content (AvgIpc) is 2.28. The van der Waals surface area contributed by atoms with Gasteiger partial charge in [-0.15, -0.1) is 0 Å². The lowest BCUT2D eigenvalue weighted by atomic mass is 10.2. The molecule has 2 heterocycles. The van der Waals surface area contributed by atoms with Gasteiger partial charge in [-0.1, -0.05) is 24.3 Å². The van der Waals surface area contributed by atoms with Crippen molar-refractivity contribution in [3.05, 3.63) is 36.1 Å². The minimum atomic E-state index is 1.09. The SMILES string of the molecule is C1=CCN2CC=CCCC2=C1. The minimum absolute atomic E-state index is 1.09. The van der Waals surface area contributed by atoms with Crippen LogP contribution in [0.25, 0.3) is 0 Å². The fraction of sp³-hybridized carbons (Fsp3) is 0.400. The fourth-order valence-corrected chi connectivity index (χ4v) is 1.57. The molecule has 0 saturated heterocycles. The first-order valence-corrected chi connectivity index (χ1v) is 4.22. The van der Waals surface area contributed by atoms with Crippen LogP contribution < -0.4 is 0 Å². The van der Waals surface area contributed by atoms with E-state index in [1.165, 1.54) is 18.5 Å². The molecule has 2 rings (SSSR count). The number of nitrogens with zero attached hydrogens (tertiary/aromatic N) is 1. The molecule has 0 radical (unpaired) electrons. The third-order valence-electron chi connectivity index (χ3n) is 2.22. The zero-order chi connectivity index (χ0) is 7.52. The van der Waals surface area contributed by atoms with Crippen LogP contribution in [0.2, 0.25) is 0 Å². The Morgan fingerprint density at radius 3 is 3.00 bits per heavy atom. The summed E-state index contributed by atoms with van der Waals surface area (Å²) in [7, 11) is 0. The molecule has 2 aliphatic rings. The quantitative estimate of drug-likeness (QED) is 0.474. The third-order valence-corrected chi connectivity index (χ3v) is 2.22. The van der Waals surface area contributed by atoms with E-state index in [9.17, 15) is 0 Å². The van der Waals surface area contributed by atoms with Gasteiger partial charge in [-0.05, 0) is 18.9 Å². The molecule has 0 atom stereocenters. The first-order chi connectivity index (χ1) is 5.47. The lowest BCUT2D eigenvalue weighted by Crippen LogP contribution is -2.23. The van der Waals surface area contributed by atoms with Gasteiger partial charge < -0.3 is 4.90 Å². The Morgan fingerprint density at radius 1 is 1.09 bits per heavy atom. The van der Waals surface area contributed by atoms with Crippen molar-refractivity contribution in [3.8, 4) is 0 Å². The molecule has 0 amide bonds. The molecule has 1 heteroatoms. The second-order valence-corrected chi connectivity index (χ2v) is 3.00. The van der Waals surface area contributed by atoms with E-state index >= 15 is 0 Å². The van der Waals surface area contributed by atoms with Gasteiger partial charge >= 0.3 is 0 Å². The highest BCUT2D eigenvalue weighted by molar-refractivity contribution is 5.20. The maximum Gasteiger partial charge on any atom is 0.0363 e. The summed E-state index contributed by atoms with van der Waals surface area (Å²) in [6, 6.07) is 0. The number of rotatable bonds is 0. The zero-order valence-electron chi connectivity index (χ0n) is 6.66. The third kappa shape index (κ3) is 1.37. The van der Waals surface area contributed by atoms with E-state index < -0.39 is 0 Å². The summed E-state index contributed by atoms with van der Waals surface area (Å²) < 4.78 is 0. The number of hydrogen-bond donors (Lipinski definition) is 0. The van der Waals surface area contributed by atoms with Gasteiger partial charge in [0.1, 0.15) is 0 Å². The normalized spacial score (nSPS) is 22.5. The molecule has 58 valence electrons. The van der Waals surface area contributed by atoms with Gasteiger partial charge in [0.15, 0.2) is 0 Å². The van der Waals surface area contributed by atoms with Gasteiger partial charge in [0.05, 0.1) is 0 Å². The molecule has 0 aliphatic carbocycles. The van der Waals surface area contributed by atoms with Gasteiger partial charge in [-0.3, -0.25) is 0 Å². The number of hydrogen-bond acceptors (Lipinski definition) is 1. The Bertz CT molecular complexity index is 223. The second kappa shape index (κ2) is 2.95. The summed E-state index contributed by atoms with van der Waals surface area (Å²) in [4.78, 5) is 2.42. The van der Waals surface area contributed by atoms with E-state index in [0.29, 0.717) is 0 Å². The van der Waals surface area contributed by atoms with Crippen LogP contribution in [0.4, 0.5) is 0 Å². The van der Waals surface area contributed by atoms with E-state index in [1.54, 1.807) is 0 Å². The molecular weight excluding hydrogens is 134 g/mol. The molecule has 0 bridgehead atoms. The van der Waals surface area contributed by atoms with Crippen molar-refractivity contribution in [1.29, 1.82) is 0 Å². The van der Waals surface area contributed by atoms with E-state index in [2.05, 4.69) is 35.3 Å². The summed E-state index contributed by atoms with van der Waals surface area (Å²) in [5.74, 6) is 0. The molecule has 1 nitrogen and oxygen atoms in total. The number of fused-ring (bicyclic) bond motifs is 1. The molecule has 0 aromatic carbocycles. The molecule has 0 fully saturated rings. The Hall–Kier alpha value is -0.980. The van der Waals surface area contributed by atoms with Crippen molar-refractivity contribution >= 4 is 0 Å². The van der Waals surface area contributed by atoms with E-state index in [-0.39, 0.29) is 0 Å². The summed E-state index contributed by atoms with van der Waals surface area (Å²) in [6.07, 6.45) is 13.6. The van der Waals surface area contributed by atoms with Gasteiger partial charge in [-0.25, -0.2) is 0 Å². The summed E-state index contributed by atoms with van der Waals surface area (Å²) >= 11 is 0. The van der Waals surface area contributed by atoms with Crippen molar-refractivity contribution in [3.63, 3.8) is 0 Å². The van der Waals surface area contributed by atoms with Crippen LogP contribution in [0.3, 0.4) is 0 Å². The monoisotopic (exact) mass is 147 g/mol. The molecule has 2 aliphatic heterocycles. The predicted octanol–water partition coefficient (Wildman–Crippen LogP) is 2.09. The Balaban J connectivity index is 2.17. The lowest BCUT2D eigenvalue weighted by Gasteiger charge is -2.25. The molecule has 0 aromatic rings. The predicted molar refractivity (Wildman–Crippen MR) is 47.2 cm³/mol. The first kappa shape index (κ1) is 6.71. The Kier molecular flexibility index (Phi) is 1.80. The van der Waals surface area contributed by atoms with Crippen LogP contribution in [0, 0.1) is 0 Å². The molecule has 0 spiro atoms. The average molecular weight is 147 g/mol. The molecule has 0 N–H and O–H groups in total. The van der Waals surface area contributed by atoms with Crippen LogP contribution in [0.5, 0.6) is 0 Å². The zero-order valence-corrected chi connectivity index (χ0v) is 6.66. The molecule has 0 aromatic heterocycles. The van der Waals surface area contributed by atoms with Crippen LogP contribution in [0.1, 0.15) is 12.8 Å². The summed E-state index contributed by atoms with van der Waals surface area (Å²) in [6.45, 7) is 2.19. The van der Waals surface area contributed by atoms with Crippen molar-refractivity contribution in [2.45, 2.75) is 12.8 Å². The summed E-state index contributed by atoms with van der Waals surface area (Å²) in [5, 5.41) is 0. The van der Waals surface area contributed by atoms with Crippen LogP contribution in [-0.4, -0.2) is 18.0 Å². The van der Waals surface area contributed by atoms with Crippen molar-refractivity contribution < 1.29 is 0 Å². The van der Waals surface area contributed by atoms with E-state index in [1.807, 2.05) is 0 Å². The lowest BCUT2D eigenvalue weighted by molar-refractivity contribution is 0.406. The standard InChI is InChI=1S/C10H13N/c1-2-6-10-7-3-5-9-11(10)8-4-1/h1,3-5,7H,2,6,8-9H2. The number of allylic oxidation sites excluding steroid dienone is 4. The molecular formula is C10H13N. The molecule has 11 heavy (non-hydrogen) atoms. The van der Waals surface area contributed by atoms with Gasteiger partial charge in [0.2, 0.25) is 0 Å². The largest absolute Gasteiger partial charge is 0.367 e. The van der Waals surface area contributed by atoms with Crippen molar-refractivity contribution in [2.75, 3.05) is 13.1 Å². The highest BCUT2D eigenvalue weighted by atomic mass is 15.1. The Labute approximate surface area is 67.7 Å². The maximum absolute atomic E-state index is 2.42. The van der Waals surface area contributed by atoms with Crippen molar-refractivity contribution in [2.24, 2.45) is 0 Å². The van der Waals surface area contributed by atoms with E-state index in [0.717, 1.165) is 13.1 Å². The highest BCUT2D eigenvalue weighted by Gasteiger charge is 2.09. The highest BCUT2D eigenvalue weighted by Crippen LogP contribution is 2.18. The van der Waals surface area contributed by atoms with E-state index in [4.69, 9.17) is 0 Å². The molecule has 0 unspecified atom stereocenters. The van der Waals surface area contributed by atoms with Crippen LogP contribution >= 0.6 is 0 Å². The Morgan fingerprint density at radius 2 is 2.00 bits per heavy atom. The fourth-order valence-electron chi connectivity index (χ4n) is 1.57. The topological polar surface area (TPSA) is 3.24 Å². The summed E-state index contributed by atoms with van der Waals surface area (Å²) in [5.41, 5.74) is 1.50. The van der Waals surface area contributed by atoms with Gasteiger partial charge in [0, 0.05) is 18.8 Å². The van der Waals surface area contributed by atoms with Crippen molar-refractivity contribution in [1.82, 2.24) is 4.90 Å². The first-order valence-electron chi connectivity index (χ1n) is 4.22. The maximum atomic E-state index is 2.42. The second-order valence-electron chi connectivity index (χ2n) is 3.00. The minimum Gasteiger partial charge on any atom is -0.367 e. The van der Waals surface area contributed by atoms with Gasteiger partial charge in [0.25, 0.3) is 0 Å². The molecule has 0 saturated carbocycles. The van der Waals surface area contributed by atoms with Crippen LogP contribution in [0.15, 0.2) is 36.1 Å². The van der Waals surface area contributed by atoms with Gasteiger partial charge in [-0.2, -0.15) is 0 Å². The smallest absolute Gasteiger partial charge is 0.0363 e. The van der Waals surface area contributed by atoms with Crippen LogP contribution in [-0.2, 0) is 0 Å².